The van der Waals surface area contributed by atoms with Crippen LogP contribution >= 0.6 is 0 Å². The largest absolute Gasteiger partial charge is 0.0850 e. The highest BCUT2D eigenvalue weighted by molar-refractivity contribution is 5.14. The van der Waals surface area contributed by atoms with Crippen molar-refractivity contribution in [2.45, 2.75) is 53.4 Å². The van der Waals surface area contributed by atoms with Crippen molar-refractivity contribution in [3.63, 3.8) is 0 Å². The number of hydrogen-bond donors (Lipinski definition) is 0. The van der Waals surface area contributed by atoms with E-state index in [2.05, 4.69) is 45.9 Å². The molecule has 0 aromatic heterocycles. The molecule has 0 heteroatoms. The van der Waals surface area contributed by atoms with Crippen LogP contribution in [0.15, 0.2) is 34.9 Å². The maximum Gasteiger partial charge on any atom is -0.0164 e. The van der Waals surface area contributed by atoms with Gasteiger partial charge in [0, 0.05) is 0 Å². The molecule has 0 unspecified atom stereocenters. The molecule has 0 spiro atoms. The Labute approximate surface area is 94.8 Å². The van der Waals surface area contributed by atoms with Gasteiger partial charge in [0.05, 0.1) is 0 Å². The molecule has 0 saturated carbocycles. The highest BCUT2D eigenvalue weighted by Gasteiger charge is 2.13. The van der Waals surface area contributed by atoms with Crippen LogP contribution in [0.2, 0.25) is 0 Å². The molecule has 0 saturated heterocycles. The topological polar surface area (TPSA) is 0 Å². The Balaban J connectivity index is 2.47. The van der Waals surface area contributed by atoms with Gasteiger partial charge >= 0.3 is 0 Å². The average Bonchev–Trinajstić information content (AvgIpc) is 2.18. The van der Waals surface area contributed by atoms with Gasteiger partial charge in [-0.3, -0.25) is 0 Å². The third kappa shape index (κ3) is 4.51. The Kier molecular flexibility index (Phi) is 4.87. The minimum absolute atomic E-state index is 0.805. The first kappa shape index (κ1) is 12.3. The predicted octanol–water partition coefficient (Wildman–Crippen LogP) is 5.04. The van der Waals surface area contributed by atoms with Gasteiger partial charge in [-0.2, -0.15) is 0 Å². The Morgan fingerprint density at radius 1 is 1.33 bits per heavy atom. The van der Waals surface area contributed by atoms with Crippen molar-refractivity contribution in [1.29, 1.82) is 0 Å². The fraction of sp³-hybridized carbons (Fsp3) is 0.600. The Hall–Kier alpha value is -0.780. The summed E-state index contributed by atoms with van der Waals surface area (Å²) in [6.45, 7) is 8.86. The molecule has 0 radical (unpaired) electrons. The summed E-state index contributed by atoms with van der Waals surface area (Å²) >= 11 is 0. The molecule has 0 aliphatic heterocycles. The van der Waals surface area contributed by atoms with Crippen LogP contribution in [0, 0.1) is 5.92 Å². The van der Waals surface area contributed by atoms with E-state index in [9.17, 15) is 0 Å². The molecular weight excluding hydrogens is 180 g/mol. The van der Waals surface area contributed by atoms with Crippen molar-refractivity contribution in [3.8, 4) is 0 Å². The highest BCUT2D eigenvalue weighted by Crippen LogP contribution is 2.28. The third-order valence-electron chi connectivity index (χ3n) is 3.25. The SMILES string of the molecule is CC(C)=CC/C=C(\C)[C@@H]1CC=C(C)CC1. The highest BCUT2D eigenvalue weighted by atomic mass is 14.2. The Morgan fingerprint density at radius 3 is 2.60 bits per heavy atom. The molecular formula is C15H24. The van der Waals surface area contributed by atoms with Crippen LogP contribution in [0.3, 0.4) is 0 Å². The van der Waals surface area contributed by atoms with E-state index in [0.29, 0.717) is 0 Å². The van der Waals surface area contributed by atoms with Crippen molar-refractivity contribution in [1.82, 2.24) is 0 Å². The summed E-state index contributed by atoms with van der Waals surface area (Å²) in [5, 5.41) is 0. The van der Waals surface area contributed by atoms with E-state index >= 15 is 0 Å². The second-order valence-corrected chi connectivity index (χ2v) is 4.99. The van der Waals surface area contributed by atoms with Gasteiger partial charge in [0.1, 0.15) is 0 Å². The molecule has 0 aromatic rings. The monoisotopic (exact) mass is 204 g/mol. The van der Waals surface area contributed by atoms with E-state index in [1.807, 2.05) is 0 Å². The maximum absolute atomic E-state index is 2.41. The molecule has 0 heterocycles. The zero-order valence-electron chi connectivity index (χ0n) is 10.6. The summed E-state index contributed by atoms with van der Waals surface area (Å²) in [5.74, 6) is 0.805. The van der Waals surface area contributed by atoms with Gasteiger partial charge < -0.3 is 0 Å². The normalized spacial score (nSPS) is 22.3. The second kappa shape index (κ2) is 5.95. The maximum atomic E-state index is 2.41. The van der Waals surface area contributed by atoms with E-state index < -0.39 is 0 Å². The first-order chi connectivity index (χ1) is 7.09. The average molecular weight is 204 g/mol. The summed E-state index contributed by atoms with van der Waals surface area (Å²) < 4.78 is 0. The minimum atomic E-state index is 0.805. The van der Waals surface area contributed by atoms with Crippen LogP contribution in [0.25, 0.3) is 0 Å². The van der Waals surface area contributed by atoms with Crippen molar-refractivity contribution in [3.05, 3.63) is 34.9 Å². The lowest BCUT2D eigenvalue weighted by Gasteiger charge is -2.21. The molecule has 15 heavy (non-hydrogen) atoms. The summed E-state index contributed by atoms with van der Waals surface area (Å²) in [6.07, 6.45) is 12.1. The van der Waals surface area contributed by atoms with Crippen LogP contribution in [-0.2, 0) is 0 Å². The molecule has 0 nitrogen and oxygen atoms in total. The number of allylic oxidation sites excluding steroid dienone is 6. The summed E-state index contributed by atoms with van der Waals surface area (Å²) in [7, 11) is 0. The molecule has 1 aliphatic rings. The van der Waals surface area contributed by atoms with Crippen molar-refractivity contribution in [2.75, 3.05) is 0 Å². The van der Waals surface area contributed by atoms with Gasteiger partial charge in [-0.1, -0.05) is 34.9 Å². The van der Waals surface area contributed by atoms with Crippen molar-refractivity contribution < 1.29 is 0 Å². The molecule has 1 aliphatic carbocycles. The predicted molar refractivity (Wildman–Crippen MR) is 68.9 cm³/mol. The van der Waals surface area contributed by atoms with Gasteiger partial charge in [-0.15, -0.1) is 0 Å². The number of rotatable bonds is 3. The molecule has 84 valence electrons. The Morgan fingerprint density at radius 2 is 2.07 bits per heavy atom. The molecule has 0 aromatic carbocycles. The van der Waals surface area contributed by atoms with E-state index in [4.69, 9.17) is 0 Å². The zero-order valence-corrected chi connectivity index (χ0v) is 10.6. The van der Waals surface area contributed by atoms with E-state index in [-0.39, 0.29) is 0 Å². The van der Waals surface area contributed by atoms with Gasteiger partial charge in [0.25, 0.3) is 0 Å². The first-order valence-electron chi connectivity index (χ1n) is 6.05. The lowest BCUT2D eigenvalue weighted by molar-refractivity contribution is 0.537. The quantitative estimate of drug-likeness (QED) is 0.565. The van der Waals surface area contributed by atoms with Crippen LogP contribution in [-0.4, -0.2) is 0 Å². The summed E-state index contributed by atoms with van der Waals surface area (Å²) in [4.78, 5) is 0. The fourth-order valence-corrected chi connectivity index (χ4v) is 2.03. The number of hydrogen-bond acceptors (Lipinski definition) is 0. The van der Waals surface area contributed by atoms with E-state index in [1.54, 1.807) is 11.1 Å². The smallest absolute Gasteiger partial charge is 0.0164 e. The van der Waals surface area contributed by atoms with E-state index in [0.717, 1.165) is 12.3 Å². The van der Waals surface area contributed by atoms with E-state index in [1.165, 1.54) is 24.8 Å². The lowest BCUT2D eigenvalue weighted by atomic mass is 9.85. The lowest BCUT2D eigenvalue weighted by Crippen LogP contribution is -2.05. The summed E-state index contributed by atoms with van der Waals surface area (Å²) in [5.41, 5.74) is 4.57. The van der Waals surface area contributed by atoms with Gasteiger partial charge in [-0.25, -0.2) is 0 Å². The molecule has 0 bridgehead atoms. The van der Waals surface area contributed by atoms with Crippen LogP contribution in [0.5, 0.6) is 0 Å². The molecule has 0 N–H and O–H groups in total. The minimum Gasteiger partial charge on any atom is -0.0850 e. The first-order valence-corrected chi connectivity index (χ1v) is 6.05. The van der Waals surface area contributed by atoms with Crippen LogP contribution in [0.4, 0.5) is 0 Å². The standard InChI is InChI=1S/C15H24/c1-12(2)6-5-7-14(4)15-10-8-13(3)9-11-15/h6-8,15H,5,9-11H2,1-4H3/b14-7+/t15-/m1/s1. The van der Waals surface area contributed by atoms with Crippen molar-refractivity contribution in [2.24, 2.45) is 5.92 Å². The fourth-order valence-electron chi connectivity index (χ4n) is 2.03. The second-order valence-electron chi connectivity index (χ2n) is 4.99. The van der Waals surface area contributed by atoms with Crippen molar-refractivity contribution >= 4 is 0 Å². The van der Waals surface area contributed by atoms with Gasteiger partial charge in [0.2, 0.25) is 0 Å². The van der Waals surface area contributed by atoms with Crippen LogP contribution in [0.1, 0.15) is 53.4 Å². The molecule has 0 fully saturated rings. The third-order valence-corrected chi connectivity index (χ3v) is 3.25. The molecule has 1 atom stereocenters. The summed E-state index contributed by atoms with van der Waals surface area (Å²) in [6, 6.07) is 0. The molecule has 1 rings (SSSR count). The van der Waals surface area contributed by atoms with Crippen LogP contribution < -0.4 is 0 Å². The zero-order chi connectivity index (χ0) is 11.3. The Bertz CT molecular complexity index is 285. The van der Waals surface area contributed by atoms with Gasteiger partial charge in [-0.05, 0) is 59.3 Å². The molecule has 0 amide bonds. The van der Waals surface area contributed by atoms with Gasteiger partial charge in [0.15, 0.2) is 0 Å².